The van der Waals surface area contributed by atoms with E-state index in [0.29, 0.717) is 37.0 Å². The molecule has 1 aliphatic rings. The molecule has 0 bridgehead atoms. The van der Waals surface area contributed by atoms with Gasteiger partial charge in [0.1, 0.15) is 5.60 Å². The first-order valence-electron chi connectivity index (χ1n) is 9.06. The Labute approximate surface area is 159 Å². The van der Waals surface area contributed by atoms with E-state index in [-0.39, 0.29) is 22.8 Å². The van der Waals surface area contributed by atoms with Gasteiger partial charge in [0.05, 0.1) is 23.0 Å². The van der Waals surface area contributed by atoms with E-state index in [9.17, 15) is 13.2 Å². The van der Waals surface area contributed by atoms with Gasteiger partial charge >= 0.3 is 6.09 Å². The highest BCUT2D eigenvalue weighted by atomic mass is 32.2. The Morgan fingerprint density at radius 3 is 2.44 bits per heavy atom. The second-order valence-electron chi connectivity index (χ2n) is 7.89. The molecule has 1 fully saturated rings. The molecule has 1 amide bonds. The number of amides is 1. The van der Waals surface area contributed by atoms with Gasteiger partial charge in [0.2, 0.25) is 0 Å². The number of ether oxygens (including phenoxy) is 1. The van der Waals surface area contributed by atoms with Crippen LogP contribution in [0.3, 0.4) is 0 Å². The van der Waals surface area contributed by atoms with Gasteiger partial charge < -0.3 is 9.64 Å². The van der Waals surface area contributed by atoms with E-state index in [1.807, 2.05) is 26.8 Å². The van der Waals surface area contributed by atoms with E-state index in [1.54, 1.807) is 23.1 Å². The molecule has 146 valence electrons. The molecule has 2 heterocycles. The van der Waals surface area contributed by atoms with Crippen LogP contribution in [0.15, 0.2) is 35.5 Å². The third-order valence-corrected chi connectivity index (χ3v) is 6.21. The van der Waals surface area contributed by atoms with Crippen molar-refractivity contribution in [3.05, 3.63) is 30.5 Å². The summed E-state index contributed by atoms with van der Waals surface area (Å²) in [5.74, 6) is 0.00397. The zero-order valence-corrected chi connectivity index (χ0v) is 16.7. The van der Waals surface area contributed by atoms with Crippen LogP contribution in [0.5, 0.6) is 0 Å². The van der Waals surface area contributed by atoms with Crippen molar-refractivity contribution < 1.29 is 17.9 Å². The predicted octanol–water partition coefficient (Wildman–Crippen LogP) is 3.05. The third-order valence-electron chi connectivity index (χ3n) is 4.47. The van der Waals surface area contributed by atoms with Crippen LogP contribution in [0.1, 0.15) is 33.6 Å². The molecule has 0 saturated carbocycles. The maximum Gasteiger partial charge on any atom is 0.410 e. The van der Waals surface area contributed by atoms with Crippen molar-refractivity contribution >= 4 is 27.0 Å². The SMILES string of the molecule is CC(C)(C)OC(=O)N1CCC(CS(=O)(=O)c2cnc3ccccc3n2)CC1. The number of benzene rings is 1. The molecular formula is C19H25N3O4S. The number of carbonyl (C=O) groups is 1. The molecular weight excluding hydrogens is 366 g/mol. The summed E-state index contributed by atoms with van der Waals surface area (Å²) in [7, 11) is -3.53. The minimum absolute atomic E-state index is 0.00997. The molecule has 0 unspecified atom stereocenters. The van der Waals surface area contributed by atoms with Crippen LogP contribution in [-0.4, -0.2) is 53.8 Å². The lowest BCUT2D eigenvalue weighted by atomic mass is 9.99. The number of rotatable bonds is 3. The summed E-state index contributed by atoms with van der Waals surface area (Å²) in [6.07, 6.45) is 2.23. The molecule has 0 spiro atoms. The van der Waals surface area contributed by atoms with Gasteiger partial charge in [-0.15, -0.1) is 0 Å². The maximum atomic E-state index is 12.7. The van der Waals surface area contributed by atoms with E-state index in [4.69, 9.17) is 4.74 Å². The van der Waals surface area contributed by atoms with E-state index in [2.05, 4.69) is 9.97 Å². The van der Waals surface area contributed by atoms with Crippen LogP contribution in [-0.2, 0) is 14.6 Å². The number of carbonyl (C=O) groups excluding carboxylic acids is 1. The molecule has 0 radical (unpaired) electrons. The second kappa shape index (κ2) is 7.42. The van der Waals surface area contributed by atoms with E-state index < -0.39 is 15.4 Å². The Bertz CT molecular complexity index is 929. The highest BCUT2D eigenvalue weighted by molar-refractivity contribution is 7.91. The smallest absolute Gasteiger partial charge is 0.410 e. The monoisotopic (exact) mass is 391 g/mol. The summed E-state index contributed by atoms with van der Waals surface area (Å²) < 4.78 is 30.9. The van der Waals surface area contributed by atoms with Crippen LogP contribution in [0.4, 0.5) is 4.79 Å². The minimum atomic E-state index is -3.53. The first-order valence-corrected chi connectivity index (χ1v) is 10.7. The van der Waals surface area contributed by atoms with Crippen molar-refractivity contribution in [1.82, 2.24) is 14.9 Å². The molecule has 0 atom stereocenters. The molecule has 1 saturated heterocycles. The number of sulfone groups is 1. The predicted molar refractivity (Wildman–Crippen MR) is 102 cm³/mol. The van der Waals surface area contributed by atoms with E-state index >= 15 is 0 Å². The second-order valence-corrected chi connectivity index (χ2v) is 9.87. The number of hydrogen-bond donors (Lipinski definition) is 0. The molecule has 1 aromatic carbocycles. The van der Waals surface area contributed by atoms with Gasteiger partial charge in [0, 0.05) is 13.1 Å². The lowest BCUT2D eigenvalue weighted by molar-refractivity contribution is 0.0191. The number of piperidine rings is 1. The topological polar surface area (TPSA) is 89.5 Å². The van der Waals surface area contributed by atoms with Gasteiger partial charge in [-0.1, -0.05) is 12.1 Å². The number of hydrogen-bond acceptors (Lipinski definition) is 6. The molecule has 1 aliphatic heterocycles. The van der Waals surface area contributed by atoms with Crippen LogP contribution < -0.4 is 0 Å². The molecule has 3 rings (SSSR count). The van der Waals surface area contributed by atoms with Gasteiger partial charge in [0.15, 0.2) is 14.9 Å². The standard InChI is InChI=1S/C19H25N3O4S/c1-19(2,3)26-18(23)22-10-8-14(9-11-22)13-27(24,25)17-12-20-15-6-4-5-7-16(15)21-17/h4-7,12,14H,8-11,13H2,1-3H3. The van der Waals surface area contributed by atoms with Crippen molar-refractivity contribution in [1.29, 1.82) is 0 Å². The normalized spacial score (nSPS) is 16.5. The quantitative estimate of drug-likeness (QED) is 0.799. The highest BCUT2D eigenvalue weighted by Gasteiger charge is 2.30. The number of para-hydroxylation sites is 2. The Hall–Kier alpha value is -2.22. The van der Waals surface area contributed by atoms with Crippen LogP contribution in [0.2, 0.25) is 0 Å². The first-order chi connectivity index (χ1) is 12.6. The molecule has 7 nitrogen and oxygen atoms in total. The zero-order chi connectivity index (χ0) is 19.7. The maximum absolute atomic E-state index is 12.7. The van der Waals surface area contributed by atoms with Gasteiger partial charge in [-0.3, -0.25) is 4.98 Å². The summed E-state index contributed by atoms with van der Waals surface area (Å²) in [4.78, 5) is 22.2. The van der Waals surface area contributed by atoms with Gasteiger partial charge in [0.25, 0.3) is 0 Å². The summed E-state index contributed by atoms with van der Waals surface area (Å²) in [6.45, 7) is 6.48. The van der Waals surface area contributed by atoms with Gasteiger partial charge in [-0.05, 0) is 51.7 Å². The van der Waals surface area contributed by atoms with Crippen molar-refractivity contribution in [2.45, 2.75) is 44.2 Å². The Kier molecular flexibility index (Phi) is 5.37. The summed E-state index contributed by atoms with van der Waals surface area (Å²) in [6, 6.07) is 7.19. The van der Waals surface area contributed by atoms with Crippen LogP contribution >= 0.6 is 0 Å². The Morgan fingerprint density at radius 2 is 1.81 bits per heavy atom. The molecule has 1 aromatic heterocycles. The fourth-order valence-corrected chi connectivity index (χ4v) is 4.67. The molecule has 27 heavy (non-hydrogen) atoms. The third kappa shape index (κ3) is 4.94. The first kappa shape index (κ1) is 19.5. The van der Waals surface area contributed by atoms with Gasteiger partial charge in [-0.25, -0.2) is 18.2 Å². The fourth-order valence-electron chi connectivity index (χ4n) is 3.09. The Morgan fingerprint density at radius 1 is 1.19 bits per heavy atom. The lowest BCUT2D eigenvalue weighted by Gasteiger charge is -2.33. The van der Waals surface area contributed by atoms with E-state index in [0.717, 1.165) is 0 Å². The number of aromatic nitrogens is 2. The number of fused-ring (bicyclic) bond motifs is 1. The summed E-state index contributed by atoms with van der Waals surface area (Å²) in [5.41, 5.74) is 0.701. The van der Waals surface area contributed by atoms with Crippen molar-refractivity contribution in [3.63, 3.8) is 0 Å². The average molecular weight is 391 g/mol. The van der Waals surface area contributed by atoms with Gasteiger partial charge in [-0.2, -0.15) is 0 Å². The largest absolute Gasteiger partial charge is 0.444 e. The Balaban J connectivity index is 1.62. The van der Waals surface area contributed by atoms with Crippen molar-refractivity contribution in [2.75, 3.05) is 18.8 Å². The van der Waals surface area contributed by atoms with Crippen molar-refractivity contribution in [2.24, 2.45) is 5.92 Å². The highest BCUT2D eigenvalue weighted by Crippen LogP contribution is 2.23. The minimum Gasteiger partial charge on any atom is -0.444 e. The molecule has 0 aliphatic carbocycles. The molecule has 8 heteroatoms. The molecule has 2 aromatic rings. The summed E-state index contributed by atoms with van der Waals surface area (Å²) >= 11 is 0. The van der Waals surface area contributed by atoms with Crippen molar-refractivity contribution in [3.8, 4) is 0 Å². The van der Waals surface area contributed by atoms with Crippen LogP contribution in [0, 0.1) is 5.92 Å². The number of nitrogens with zero attached hydrogens (tertiary/aromatic N) is 3. The fraction of sp³-hybridized carbons (Fsp3) is 0.526. The molecule has 0 N–H and O–H groups in total. The lowest BCUT2D eigenvalue weighted by Crippen LogP contribution is -2.42. The number of likely N-dealkylation sites (tertiary alicyclic amines) is 1. The average Bonchev–Trinajstić information content (AvgIpc) is 2.60. The van der Waals surface area contributed by atoms with E-state index in [1.165, 1.54) is 6.20 Å². The zero-order valence-electron chi connectivity index (χ0n) is 15.9. The van der Waals surface area contributed by atoms with Crippen LogP contribution in [0.25, 0.3) is 11.0 Å². The summed E-state index contributed by atoms with van der Waals surface area (Å²) in [5, 5.41) is 0.00997.